The second kappa shape index (κ2) is 9.05. The molecule has 0 aromatic heterocycles. The van der Waals surface area contributed by atoms with Crippen LogP contribution in [0.4, 0.5) is 0 Å². The summed E-state index contributed by atoms with van der Waals surface area (Å²) >= 11 is 0. The highest BCUT2D eigenvalue weighted by Crippen LogP contribution is 2.39. The third-order valence-electron chi connectivity index (χ3n) is 5.24. The number of benzene rings is 2. The quantitative estimate of drug-likeness (QED) is 0.624. The smallest absolute Gasteiger partial charge is 0.130 e. The summed E-state index contributed by atoms with van der Waals surface area (Å²) in [7, 11) is 8.04. The minimum absolute atomic E-state index is 0.478. The summed E-state index contributed by atoms with van der Waals surface area (Å²) in [6, 6.07) is 11.9. The highest BCUT2D eigenvalue weighted by atomic mass is 16.5. The van der Waals surface area contributed by atoms with Crippen LogP contribution in [0.5, 0.6) is 11.5 Å². The van der Waals surface area contributed by atoms with Crippen molar-refractivity contribution in [3.63, 3.8) is 0 Å². The fraction of sp³-hybridized carbons (Fsp3) is 0.478. The molecule has 1 aliphatic rings. The average molecular weight is 385 g/mol. The molecular weight excluding hydrogens is 352 g/mol. The van der Waals surface area contributed by atoms with Crippen molar-refractivity contribution in [1.29, 1.82) is 0 Å². The van der Waals surface area contributed by atoms with Gasteiger partial charge in [0.05, 0.1) is 12.2 Å². The van der Waals surface area contributed by atoms with E-state index in [4.69, 9.17) is 4.74 Å². The Labute approximate surface area is 168 Å². The lowest BCUT2D eigenvalue weighted by atomic mass is 9.94. The van der Waals surface area contributed by atoms with E-state index in [-0.39, 0.29) is 0 Å². The van der Waals surface area contributed by atoms with E-state index in [1.54, 1.807) is 0 Å². The summed E-state index contributed by atoms with van der Waals surface area (Å²) in [5.41, 5.74) is 4.01. The van der Waals surface area contributed by atoms with Gasteiger partial charge in [0.1, 0.15) is 11.5 Å². The highest BCUT2D eigenvalue weighted by Gasteiger charge is 2.20. The molecule has 2 aromatic rings. The fourth-order valence-corrected chi connectivity index (χ4v) is 3.51. The summed E-state index contributed by atoms with van der Waals surface area (Å²) in [5.74, 6) is 1.69. The first-order valence-corrected chi connectivity index (χ1v) is 9.92. The van der Waals surface area contributed by atoms with E-state index in [2.05, 4.69) is 9.80 Å². The minimum atomic E-state index is -0.478. The zero-order valence-corrected chi connectivity index (χ0v) is 17.4. The summed E-state index contributed by atoms with van der Waals surface area (Å²) in [6.45, 7) is 1.68. The lowest BCUT2D eigenvalue weighted by Gasteiger charge is -2.23. The van der Waals surface area contributed by atoms with Gasteiger partial charge in [-0.3, -0.25) is 0 Å². The van der Waals surface area contributed by atoms with Crippen molar-refractivity contribution < 1.29 is 14.9 Å². The number of ether oxygens (including phenoxy) is 1. The first-order chi connectivity index (χ1) is 13.3. The van der Waals surface area contributed by atoms with E-state index in [0.717, 1.165) is 53.3 Å². The van der Waals surface area contributed by atoms with Gasteiger partial charge in [0.25, 0.3) is 0 Å². The molecule has 5 nitrogen and oxygen atoms in total. The van der Waals surface area contributed by atoms with Crippen LogP contribution in [0.3, 0.4) is 0 Å². The predicted molar refractivity (Wildman–Crippen MR) is 112 cm³/mol. The zero-order valence-electron chi connectivity index (χ0n) is 17.4. The first-order valence-electron chi connectivity index (χ1n) is 9.92. The van der Waals surface area contributed by atoms with Crippen molar-refractivity contribution >= 4 is 0 Å². The largest absolute Gasteiger partial charge is 0.457 e. The molecule has 0 saturated carbocycles. The van der Waals surface area contributed by atoms with Crippen LogP contribution in [-0.4, -0.2) is 61.3 Å². The van der Waals surface area contributed by atoms with Crippen LogP contribution >= 0.6 is 0 Å². The second-order valence-corrected chi connectivity index (χ2v) is 8.23. The normalized spacial score (nSPS) is 15.1. The Morgan fingerprint density at radius 1 is 0.786 bits per heavy atom. The van der Waals surface area contributed by atoms with Gasteiger partial charge in [-0.2, -0.15) is 0 Å². The van der Waals surface area contributed by atoms with E-state index in [1.807, 2.05) is 64.6 Å². The van der Waals surface area contributed by atoms with Crippen LogP contribution in [-0.2, 0) is 6.42 Å². The number of fused-ring (bicyclic) bond motifs is 2. The van der Waals surface area contributed by atoms with Crippen LogP contribution in [0.15, 0.2) is 36.4 Å². The van der Waals surface area contributed by atoms with Crippen LogP contribution in [0, 0.1) is 0 Å². The Balaban J connectivity index is 1.75. The van der Waals surface area contributed by atoms with Crippen molar-refractivity contribution in [3.8, 4) is 11.5 Å². The Morgan fingerprint density at radius 3 is 1.61 bits per heavy atom. The monoisotopic (exact) mass is 384 g/mol. The van der Waals surface area contributed by atoms with Crippen molar-refractivity contribution in [3.05, 3.63) is 58.7 Å². The molecule has 1 heterocycles. The van der Waals surface area contributed by atoms with Crippen LogP contribution < -0.4 is 4.74 Å². The molecule has 0 spiro atoms. The van der Waals surface area contributed by atoms with Gasteiger partial charge in [-0.25, -0.2) is 0 Å². The molecule has 5 heteroatoms. The predicted octanol–water partition coefficient (Wildman–Crippen LogP) is 3.35. The maximum absolute atomic E-state index is 10.5. The van der Waals surface area contributed by atoms with Gasteiger partial charge in [-0.05, 0) is 87.6 Å². The maximum Gasteiger partial charge on any atom is 0.130 e. The van der Waals surface area contributed by atoms with Crippen molar-refractivity contribution in [2.45, 2.75) is 31.5 Å². The number of aliphatic hydroxyl groups is 2. The van der Waals surface area contributed by atoms with Crippen LogP contribution in [0.25, 0.3) is 0 Å². The Bertz CT molecular complexity index is 739. The number of hydrogen-bond acceptors (Lipinski definition) is 5. The molecule has 0 fully saturated rings. The molecule has 2 unspecified atom stereocenters. The number of nitrogens with zero attached hydrogens (tertiary/aromatic N) is 2. The number of aliphatic hydroxyl groups excluding tert-OH is 2. The molecule has 0 saturated heterocycles. The lowest BCUT2D eigenvalue weighted by molar-refractivity contribution is 0.154. The lowest BCUT2D eigenvalue weighted by Crippen LogP contribution is -2.16. The van der Waals surface area contributed by atoms with E-state index < -0.39 is 12.2 Å². The second-order valence-electron chi connectivity index (χ2n) is 8.23. The van der Waals surface area contributed by atoms with Gasteiger partial charge in [-0.15, -0.1) is 0 Å². The molecule has 3 rings (SSSR count). The van der Waals surface area contributed by atoms with Crippen LogP contribution in [0.1, 0.15) is 47.3 Å². The van der Waals surface area contributed by atoms with Gasteiger partial charge in [0, 0.05) is 19.5 Å². The minimum Gasteiger partial charge on any atom is -0.457 e. The average Bonchev–Trinajstić information content (AvgIpc) is 2.67. The molecule has 2 N–H and O–H groups in total. The summed E-state index contributed by atoms with van der Waals surface area (Å²) < 4.78 is 6.06. The molecule has 152 valence electrons. The van der Waals surface area contributed by atoms with Gasteiger partial charge >= 0.3 is 0 Å². The van der Waals surface area contributed by atoms with Gasteiger partial charge in [0.2, 0.25) is 0 Å². The molecule has 0 bridgehead atoms. The molecule has 0 aliphatic carbocycles. The SMILES string of the molecule is CN(C)CCC(O)c1ccc2c(c1)Cc1cc(C(O)CCN(C)C)ccc1O2. The first kappa shape index (κ1) is 20.8. The fourth-order valence-electron chi connectivity index (χ4n) is 3.51. The summed E-state index contributed by atoms with van der Waals surface area (Å²) in [6.07, 6.45) is 1.19. The Morgan fingerprint density at radius 2 is 1.21 bits per heavy atom. The molecular formula is C23H32N2O3. The zero-order chi connectivity index (χ0) is 20.3. The molecule has 2 aromatic carbocycles. The van der Waals surface area contributed by atoms with Gasteiger partial charge < -0.3 is 24.7 Å². The third kappa shape index (κ3) is 5.11. The standard InChI is InChI=1S/C23H32N2O3/c1-24(2)11-9-20(26)16-5-7-22-18(13-16)15-19-14-17(6-8-23(19)28-22)21(27)10-12-25(3)4/h5-8,13-14,20-21,26-27H,9-12,15H2,1-4H3. The van der Waals surface area contributed by atoms with E-state index >= 15 is 0 Å². The maximum atomic E-state index is 10.5. The Kier molecular flexibility index (Phi) is 6.73. The van der Waals surface area contributed by atoms with Crippen molar-refractivity contribution in [2.24, 2.45) is 0 Å². The van der Waals surface area contributed by atoms with E-state index in [1.165, 1.54) is 0 Å². The molecule has 2 atom stereocenters. The number of rotatable bonds is 8. The van der Waals surface area contributed by atoms with Crippen LogP contribution in [0.2, 0.25) is 0 Å². The molecule has 1 aliphatic heterocycles. The van der Waals surface area contributed by atoms with Gasteiger partial charge in [0.15, 0.2) is 0 Å². The molecule has 28 heavy (non-hydrogen) atoms. The van der Waals surface area contributed by atoms with E-state index in [0.29, 0.717) is 12.8 Å². The van der Waals surface area contributed by atoms with Gasteiger partial charge in [-0.1, -0.05) is 12.1 Å². The Hall–Kier alpha value is -1.92. The number of hydrogen-bond donors (Lipinski definition) is 2. The topological polar surface area (TPSA) is 56.2 Å². The van der Waals surface area contributed by atoms with Crippen molar-refractivity contribution in [1.82, 2.24) is 9.80 Å². The highest BCUT2D eigenvalue weighted by molar-refractivity contribution is 5.52. The summed E-state index contributed by atoms with van der Waals surface area (Å²) in [4.78, 5) is 4.15. The third-order valence-corrected chi connectivity index (χ3v) is 5.24. The van der Waals surface area contributed by atoms with Crippen molar-refractivity contribution in [2.75, 3.05) is 41.3 Å². The molecule has 0 radical (unpaired) electrons. The summed E-state index contributed by atoms with van der Waals surface area (Å²) in [5, 5.41) is 21.0. The van der Waals surface area contributed by atoms with E-state index in [9.17, 15) is 10.2 Å². The molecule has 0 amide bonds.